The molecule has 0 saturated carbocycles. The van der Waals surface area contributed by atoms with Gasteiger partial charge in [0.05, 0.1) is 11.4 Å². The van der Waals surface area contributed by atoms with Crippen LogP contribution >= 0.6 is 11.6 Å². The quantitative estimate of drug-likeness (QED) is 0.525. The van der Waals surface area contributed by atoms with Gasteiger partial charge in [0.1, 0.15) is 18.1 Å². The summed E-state index contributed by atoms with van der Waals surface area (Å²) in [7, 11) is -3.98. The van der Waals surface area contributed by atoms with Crippen LogP contribution in [0.1, 0.15) is 6.42 Å². The van der Waals surface area contributed by atoms with E-state index in [1.165, 1.54) is 0 Å². The Labute approximate surface area is 176 Å². The van der Waals surface area contributed by atoms with Crippen molar-refractivity contribution in [1.29, 1.82) is 0 Å². The summed E-state index contributed by atoms with van der Waals surface area (Å²) in [4.78, 5) is 11.5. The van der Waals surface area contributed by atoms with Crippen molar-refractivity contribution in [1.82, 2.24) is 10.0 Å². The Morgan fingerprint density at radius 2 is 1.57 bits per heavy atom. The highest BCUT2D eigenvalue weighted by Crippen LogP contribution is 2.23. The number of hydrogen-bond acceptors (Lipinski definition) is 5. The maximum Gasteiger partial charge on any atom is 0.573 e. The van der Waals surface area contributed by atoms with Crippen LogP contribution in [0.15, 0.2) is 53.4 Å². The van der Waals surface area contributed by atoms with Gasteiger partial charge >= 0.3 is 6.36 Å². The van der Waals surface area contributed by atoms with Gasteiger partial charge in [0.15, 0.2) is 0 Å². The van der Waals surface area contributed by atoms with Crippen LogP contribution in [-0.4, -0.2) is 40.4 Å². The van der Waals surface area contributed by atoms with Crippen LogP contribution in [0, 0.1) is 0 Å². The molecule has 0 atom stereocenters. The van der Waals surface area contributed by atoms with Crippen molar-refractivity contribution in [2.75, 3.05) is 19.7 Å². The molecule has 0 fully saturated rings. The van der Waals surface area contributed by atoms with Gasteiger partial charge in [-0.15, -0.1) is 13.2 Å². The molecule has 0 aliphatic rings. The van der Waals surface area contributed by atoms with Crippen molar-refractivity contribution in [3.8, 4) is 11.5 Å². The Kier molecular flexibility index (Phi) is 8.33. The first kappa shape index (κ1) is 23.8. The molecule has 0 aromatic heterocycles. The highest BCUT2D eigenvalue weighted by molar-refractivity contribution is 7.89. The third-order valence-corrected chi connectivity index (χ3v) is 5.25. The van der Waals surface area contributed by atoms with Crippen molar-refractivity contribution in [2.45, 2.75) is 17.7 Å². The average molecular weight is 467 g/mol. The van der Waals surface area contributed by atoms with Gasteiger partial charge < -0.3 is 14.8 Å². The number of sulfonamides is 1. The molecule has 12 heteroatoms. The number of hydrogen-bond donors (Lipinski definition) is 2. The largest absolute Gasteiger partial charge is 0.573 e. The lowest BCUT2D eigenvalue weighted by Crippen LogP contribution is -2.32. The predicted octanol–water partition coefficient (Wildman–Crippen LogP) is 3.10. The van der Waals surface area contributed by atoms with E-state index in [1.807, 2.05) is 0 Å². The Hall–Kier alpha value is -2.50. The summed E-state index contributed by atoms with van der Waals surface area (Å²) in [5.74, 6) is -0.346. The summed E-state index contributed by atoms with van der Waals surface area (Å²) in [6, 6.07) is 10.4. The first-order valence-corrected chi connectivity index (χ1v) is 10.4. The van der Waals surface area contributed by atoms with Crippen molar-refractivity contribution in [3.63, 3.8) is 0 Å². The number of amides is 1. The number of carbonyl (C=O) groups is 1. The SMILES string of the molecule is O=C(CCNS(=O)(=O)c1ccc(OC(F)(F)F)cc1)NCCOc1ccc(Cl)cc1. The lowest BCUT2D eigenvalue weighted by Gasteiger charge is -2.10. The number of rotatable bonds is 10. The minimum atomic E-state index is -4.87. The predicted molar refractivity (Wildman–Crippen MR) is 103 cm³/mol. The number of benzene rings is 2. The third kappa shape index (κ3) is 8.47. The first-order chi connectivity index (χ1) is 14.0. The van der Waals surface area contributed by atoms with Crippen molar-refractivity contribution in [3.05, 3.63) is 53.6 Å². The van der Waals surface area contributed by atoms with Crippen molar-refractivity contribution in [2.24, 2.45) is 0 Å². The molecule has 0 spiro atoms. The Morgan fingerprint density at radius 1 is 0.967 bits per heavy atom. The van der Waals surface area contributed by atoms with Crippen LogP contribution in [0.2, 0.25) is 5.02 Å². The molecule has 2 N–H and O–H groups in total. The summed E-state index contributed by atoms with van der Waals surface area (Å²) in [6.45, 7) is 0.243. The van der Waals surface area contributed by atoms with Crippen LogP contribution in [-0.2, 0) is 14.8 Å². The number of nitrogens with one attached hydrogen (secondary N) is 2. The third-order valence-electron chi connectivity index (χ3n) is 3.52. The fourth-order valence-corrected chi connectivity index (χ4v) is 3.34. The second-order valence-corrected chi connectivity index (χ2v) is 8.02. The van der Waals surface area contributed by atoms with Crippen LogP contribution in [0.5, 0.6) is 11.5 Å². The molecule has 30 heavy (non-hydrogen) atoms. The molecule has 0 bridgehead atoms. The Bertz CT molecular complexity index is 936. The molecule has 2 rings (SSSR count). The minimum Gasteiger partial charge on any atom is -0.492 e. The monoisotopic (exact) mass is 466 g/mol. The fraction of sp³-hybridized carbons (Fsp3) is 0.278. The van der Waals surface area contributed by atoms with E-state index in [0.717, 1.165) is 24.3 Å². The van der Waals surface area contributed by atoms with Crippen LogP contribution in [0.4, 0.5) is 13.2 Å². The summed E-state index contributed by atoms with van der Waals surface area (Å²) >= 11 is 5.76. The first-order valence-electron chi connectivity index (χ1n) is 8.56. The van der Waals surface area contributed by atoms with E-state index in [9.17, 15) is 26.4 Å². The summed E-state index contributed by atoms with van der Waals surface area (Å²) in [5.41, 5.74) is 0. The number of ether oxygens (including phenoxy) is 2. The topological polar surface area (TPSA) is 93.7 Å². The van der Waals surface area contributed by atoms with Crippen LogP contribution < -0.4 is 19.5 Å². The van der Waals surface area contributed by atoms with E-state index >= 15 is 0 Å². The molecular weight excluding hydrogens is 449 g/mol. The molecule has 0 aliphatic heterocycles. The van der Waals surface area contributed by atoms with Crippen molar-refractivity contribution >= 4 is 27.5 Å². The maximum absolute atomic E-state index is 12.1. The molecule has 2 aromatic carbocycles. The fourth-order valence-electron chi connectivity index (χ4n) is 2.18. The van der Waals surface area contributed by atoms with E-state index in [0.29, 0.717) is 10.8 Å². The number of carbonyl (C=O) groups excluding carboxylic acids is 1. The second kappa shape index (κ2) is 10.5. The summed E-state index contributed by atoms with van der Waals surface area (Å²) < 4.78 is 71.9. The summed E-state index contributed by atoms with van der Waals surface area (Å²) in [6.07, 6.45) is -5.00. The summed E-state index contributed by atoms with van der Waals surface area (Å²) in [5, 5.41) is 3.14. The molecule has 1 amide bonds. The highest BCUT2D eigenvalue weighted by Gasteiger charge is 2.31. The second-order valence-electron chi connectivity index (χ2n) is 5.82. The standard InChI is InChI=1S/C18H18ClF3N2O5S/c19-13-1-3-14(4-2-13)28-12-11-23-17(25)9-10-24-30(26,27)16-7-5-15(6-8-16)29-18(20,21)22/h1-8,24H,9-12H2,(H,23,25). The molecule has 7 nitrogen and oxygen atoms in total. The molecular formula is C18H18ClF3N2O5S. The van der Waals surface area contributed by atoms with Gasteiger partial charge in [0.2, 0.25) is 15.9 Å². The van der Waals surface area contributed by atoms with Gasteiger partial charge in [0.25, 0.3) is 0 Å². The molecule has 2 aromatic rings. The minimum absolute atomic E-state index is 0.130. The maximum atomic E-state index is 12.1. The van der Waals surface area contributed by atoms with Crippen LogP contribution in [0.3, 0.4) is 0 Å². The molecule has 0 heterocycles. The van der Waals surface area contributed by atoms with Crippen LogP contribution in [0.25, 0.3) is 0 Å². The lowest BCUT2D eigenvalue weighted by molar-refractivity contribution is -0.274. The zero-order valence-corrected chi connectivity index (χ0v) is 17.0. The lowest BCUT2D eigenvalue weighted by atomic mass is 10.3. The zero-order valence-electron chi connectivity index (χ0n) is 15.4. The van der Waals surface area contributed by atoms with Crippen molar-refractivity contribution < 1.29 is 35.9 Å². The average Bonchev–Trinajstić information content (AvgIpc) is 2.66. The van der Waals surface area contributed by atoms with Gasteiger partial charge in [0, 0.05) is 18.0 Å². The van der Waals surface area contributed by atoms with Gasteiger partial charge in [-0.25, -0.2) is 13.1 Å². The Balaban J connectivity index is 1.70. The number of alkyl halides is 3. The molecule has 0 saturated heterocycles. The van der Waals surface area contributed by atoms with E-state index in [4.69, 9.17) is 16.3 Å². The van der Waals surface area contributed by atoms with E-state index in [2.05, 4.69) is 14.8 Å². The molecule has 0 radical (unpaired) electrons. The highest BCUT2D eigenvalue weighted by atomic mass is 35.5. The molecule has 0 unspecified atom stereocenters. The van der Waals surface area contributed by atoms with Gasteiger partial charge in [-0.3, -0.25) is 4.79 Å². The smallest absolute Gasteiger partial charge is 0.492 e. The van der Waals surface area contributed by atoms with Gasteiger partial charge in [-0.05, 0) is 48.5 Å². The molecule has 0 aliphatic carbocycles. The van der Waals surface area contributed by atoms with Gasteiger partial charge in [-0.2, -0.15) is 0 Å². The van der Waals surface area contributed by atoms with E-state index in [-0.39, 0.29) is 31.0 Å². The Morgan fingerprint density at radius 3 is 2.17 bits per heavy atom. The normalized spacial score (nSPS) is 11.7. The van der Waals surface area contributed by atoms with E-state index < -0.39 is 28.0 Å². The zero-order chi connectivity index (χ0) is 22.2. The number of halogens is 4. The molecule has 164 valence electrons. The van der Waals surface area contributed by atoms with Gasteiger partial charge in [-0.1, -0.05) is 11.6 Å². The van der Waals surface area contributed by atoms with E-state index in [1.54, 1.807) is 24.3 Å².